The fourth-order valence-corrected chi connectivity index (χ4v) is 4.00. The lowest BCUT2D eigenvalue weighted by molar-refractivity contribution is 0.0903. The molecule has 1 aliphatic heterocycles. The topological polar surface area (TPSA) is 103 Å². The van der Waals surface area contributed by atoms with Crippen LogP contribution in [0.3, 0.4) is 0 Å². The van der Waals surface area contributed by atoms with Crippen molar-refractivity contribution in [3.63, 3.8) is 0 Å². The second-order valence-corrected chi connectivity index (χ2v) is 7.70. The summed E-state index contributed by atoms with van der Waals surface area (Å²) >= 11 is 0. The molecule has 1 unspecified atom stereocenters. The Morgan fingerprint density at radius 3 is 2.74 bits per heavy atom. The first-order valence-corrected chi connectivity index (χ1v) is 10.6. The van der Waals surface area contributed by atoms with Crippen LogP contribution in [0.5, 0.6) is 0 Å². The molecule has 0 radical (unpaired) electrons. The minimum atomic E-state index is -0.0172. The highest BCUT2D eigenvalue weighted by molar-refractivity contribution is 5.64. The quantitative estimate of drug-likeness (QED) is 0.499. The summed E-state index contributed by atoms with van der Waals surface area (Å²) in [6, 6.07) is 16.4. The molecule has 158 valence electrons. The molecule has 8 nitrogen and oxygen atoms in total. The number of hydrogen-bond donors (Lipinski definition) is 2. The fraction of sp³-hybridized carbons (Fsp3) is 0.304. The summed E-state index contributed by atoms with van der Waals surface area (Å²) in [5.74, 6) is 1.45. The van der Waals surface area contributed by atoms with Gasteiger partial charge in [0.2, 0.25) is 5.95 Å². The van der Waals surface area contributed by atoms with Crippen LogP contribution in [0.25, 0.3) is 16.9 Å². The maximum absolute atomic E-state index is 6.09. The second kappa shape index (κ2) is 8.79. The van der Waals surface area contributed by atoms with Crippen LogP contribution in [-0.2, 0) is 4.74 Å². The molecule has 5 rings (SSSR count). The fourth-order valence-electron chi connectivity index (χ4n) is 4.00. The lowest BCUT2D eigenvalue weighted by Crippen LogP contribution is -2.28. The molecule has 0 amide bonds. The van der Waals surface area contributed by atoms with Crippen LogP contribution in [0.2, 0.25) is 0 Å². The molecule has 1 aliphatic rings. The predicted molar refractivity (Wildman–Crippen MR) is 119 cm³/mol. The molecule has 4 heterocycles. The molecule has 4 aromatic rings. The number of nitrogens with one attached hydrogen (secondary N) is 1. The van der Waals surface area contributed by atoms with Crippen LogP contribution in [0, 0.1) is 0 Å². The van der Waals surface area contributed by atoms with Gasteiger partial charge in [0.25, 0.3) is 0 Å². The van der Waals surface area contributed by atoms with Crippen molar-refractivity contribution in [2.24, 2.45) is 5.73 Å². The van der Waals surface area contributed by atoms with E-state index in [0.717, 1.165) is 54.3 Å². The molecule has 3 aromatic heterocycles. The van der Waals surface area contributed by atoms with Gasteiger partial charge in [-0.15, -0.1) is 10.2 Å². The van der Waals surface area contributed by atoms with Crippen LogP contribution in [-0.4, -0.2) is 50.4 Å². The Morgan fingerprint density at radius 2 is 1.94 bits per heavy atom. The van der Waals surface area contributed by atoms with Gasteiger partial charge in [0.05, 0.1) is 11.6 Å². The molecular formula is C23H25N7O. The monoisotopic (exact) mass is 415 g/mol. The summed E-state index contributed by atoms with van der Waals surface area (Å²) < 4.78 is 7.42. The van der Waals surface area contributed by atoms with Crippen LogP contribution in [0.1, 0.15) is 30.1 Å². The number of ether oxygens (including phenoxy) is 1. The van der Waals surface area contributed by atoms with Gasteiger partial charge in [0.1, 0.15) is 5.82 Å². The third-order valence-corrected chi connectivity index (χ3v) is 5.69. The van der Waals surface area contributed by atoms with Crippen molar-refractivity contribution in [1.29, 1.82) is 0 Å². The van der Waals surface area contributed by atoms with E-state index in [2.05, 4.69) is 32.6 Å². The zero-order valence-corrected chi connectivity index (χ0v) is 17.2. The third kappa shape index (κ3) is 4.12. The van der Waals surface area contributed by atoms with Gasteiger partial charge in [0, 0.05) is 43.8 Å². The summed E-state index contributed by atoms with van der Waals surface area (Å²) in [5, 5.41) is 12.3. The Hall–Kier alpha value is -3.36. The minimum Gasteiger partial charge on any atom is -0.381 e. The van der Waals surface area contributed by atoms with Gasteiger partial charge in [0.15, 0.2) is 5.65 Å². The number of nitrogens with zero attached hydrogens (tertiary/aromatic N) is 5. The van der Waals surface area contributed by atoms with E-state index in [1.165, 1.54) is 0 Å². The van der Waals surface area contributed by atoms with Crippen LogP contribution < -0.4 is 11.1 Å². The first kappa shape index (κ1) is 19.6. The second-order valence-electron chi connectivity index (χ2n) is 7.70. The molecular weight excluding hydrogens is 390 g/mol. The van der Waals surface area contributed by atoms with Gasteiger partial charge in [-0.05, 0) is 36.6 Å². The summed E-state index contributed by atoms with van der Waals surface area (Å²) in [5.41, 5.74) is 9.79. The number of nitrogens with two attached hydrogens (primary N) is 1. The average molecular weight is 416 g/mol. The molecule has 1 fully saturated rings. The van der Waals surface area contributed by atoms with Crippen molar-refractivity contribution in [2.45, 2.75) is 24.8 Å². The standard InChI is InChI=1S/C23H25N7O/c24-15-19(16-4-2-1-3-5-16)22-29-28-21-14-17(7-11-30(21)22)20-6-10-25-23(27-20)26-18-8-12-31-13-9-18/h1-7,10-11,14,18-19H,8-9,12-13,15,24H2,(H,25,26,27). The molecule has 31 heavy (non-hydrogen) atoms. The first-order chi connectivity index (χ1) is 15.3. The molecule has 0 bridgehead atoms. The summed E-state index contributed by atoms with van der Waals surface area (Å²) in [6.07, 6.45) is 5.69. The van der Waals surface area contributed by atoms with Crippen molar-refractivity contribution < 1.29 is 4.74 Å². The van der Waals surface area contributed by atoms with E-state index >= 15 is 0 Å². The molecule has 0 spiro atoms. The van der Waals surface area contributed by atoms with Gasteiger partial charge in [-0.3, -0.25) is 4.40 Å². The number of rotatable bonds is 6. The van der Waals surface area contributed by atoms with Gasteiger partial charge in [-0.2, -0.15) is 0 Å². The molecule has 1 saturated heterocycles. The predicted octanol–water partition coefficient (Wildman–Crippen LogP) is 2.87. The maximum atomic E-state index is 6.09. The summed E-state index contributed by atoms with van der Waals surface area (Å²) in [6.45, 7) is 2.01. The molecule has 1 atom stereocenters. The number of hydrogen-bond acceptors (Lipinski definition) is 7. The van der Waals surface area contributed by atoms with E-state index in [9.17, 15) is 0 Å². The van der Waals surface area contributed by atoms with E-state index in [4.69, 9.17) is 15.5 Å². The van der Waals surface area contributed by atoms with Gasteiger partial charge < -0.3 is 15.8 Å². The maximum Gasteiger partial charge on any atom is 0.223 e. The van der Waals surface area contributed by atoms with E-state index in [1.807, 2.05) is 47.0 Å². The van der Waals surface area contributed by atoms with E-state index in [1.54, 1.807) is 6.20 Å². The summed E-state index contributed by atoms with van der Waals surface area (Å²) in [4.78, 5) is 9.09. The normalized spacial score (nSPS) is 15.8. The van der Waals surface area contributed by atoms with Crippen LogP contribution >= 0.6 is 0 Å². The van der Waals surface area contributed by atoms with Gasteiger partial charge in [-0.25, -0.2) is 9.97 Å². The van der Waals surface area contributed by atoms with Crippen molar-refractivity contribution in [1.82, 2.24) is 24.6 Å². The summed E-state index contributed by atoms with van der Waals surface area (Å²) in [7, 11) is 0. The number of pyridine rings is 1. The number of fused-ring (bicyclic) bond motifs is 1. The number of anilines is 1. The van der Waals surface area contributed by atoms with Crippen molar-refractivity contribution >= 4 is 11.6 Å². The number of benzene rings is 1. The van der Waals surface area contributed by atoms with Crippen LogP contribution in [0.4, 0.5) is 5.95 Å². The zero-order chi connectivity index (χ0) is 21.0. The third-order valence-electron chi connectivity index (χ3n) is 5.69. The minimum absolute atomic E-state index is 0.0172. The van der Waals surface area contributed by atoms with E-state index in [0.29, 0.717) is 18.5 Å². The Balaban J connectivity index is 1.43. The Bertz CT molecular complexity index is 1160. The smallest absolute Gasteiger partial charge is 0.223 e. The first-order valence-electron chi connectivity index (χ1n) is 10.6. The van der Waals surface area contributed by atoms with Crippen molar-refractivity contribution in [3.05, 3.63) is 72.3 Å². The molecule has 1 aromatic carbocycles. The zero-order valence-electron chi connectivity index (χ0n) is 17.2. The van der Waals surface area contributed by atoms with Gasteiger partial charge >= 0.3 is 0 Å². The highest BCUT2D eigenvalue weighted by Crippen LogP contribution is 2.25. The van der Waals surface area contributed by atoms with Crippen molar-refractivity contribution in [2.75, 3.05) is 25.1 Å². The molecule has 0 saturated carbocycles. The van der Waals surface area contributed by atoms with Crippen molar-refractivity contribution in [3.8, 4) is 11.3 Å². The Labute approximate surface area is 180 Å². The van der Waals surface area contributed by atoms with E-state index in [-0.39, 0.29) is 5.92 Å². The SMILES string of the molecule is NCC(c1ccccc1)c1nnc2cc(-c3ccnc(NC4CCOCC4)n3)ccn12. The highest BCUT2D eigenvalue weighted by Gasteiger charge is 2.19. The molecule has 0 aliphatic carbocycles. The van der Waals surface area contributed by atoms with Gasteiger partial charge in [-0.1, -0.05) is 30.3 Å². The number of aromatic nitrogens is 5. The lowest BCUT2D eigenvalue weighted by Gasteiger charge is -2.23. The lowest BCUT2D eigenvalue weighted by atomic mass is 9.98. The highest BCUT2D eigenvalue weighted by atomic mass is 16.5. The molecule has 8 heteroatoms. The van der Waals surface area contributed by atoms with E-state index < -0.39 is 0 Å². The largest absolute Gasteiger partial charge is 0.381 e. The molecule has 3 N–H and O–H groups in total. The van der Waals surface area contributed by atoms with Crippen LogP contribution in [0.15, 0.2) is 60.9 Å². The Morgan fingerprint density at radius 1 is 1.10 bits per heavy atom. The average Bonchev–Trinajstić information content (AvgIpc) is 3.24. The Kier molecular flexibility index (Phi) is 5.56.